The Morgan fingerprint density at radius 3 is 2.57 bits per heavy atom. The van der Waals surface area contributed by atoms with Crippen LogP contribution in [0.25, 0.3) is 0 Å². The molecule has 0 aliphatic carbocycles. The van der Waals surface area contributed by atoms with Crippen LogP contribution < -0.4 is 0 Å². The maximum atomic E-state index is 11.1. The van der Waals surface area contributed by atoms with Crippen molar-refractivity contribution in [2.75, 3.05) is 13.1 Å². The van der Waals surface area contributed by atoms with Crippen molar-refractivity contribution in [3.8, 4) is 0 Å². The van der Waals surface area contributed by atoms with Gasteiger partial charge in [-0.1, -0.05) is 13.8 Å². The molecule has 1 rings (SSSR count). The van der Waals surface area contributed by atoms with E-state index in [-0.39, 0.29) is 18.8 Å². The molecule has 1 aromatic heterocycles. The van der Waals surface area contributed by atoms with Gasteiger partial charge in [0.25, 0.3) is 5.69 Å². The van der Waals surface area contributed by atoms with E-state index in [4.69, 9.17) is 5.11 Å². The van der Waals surface area contributed by atoms with Crippen molar-refractivity contribution < 1.29 is 14.8 Å². The van der Waals surface area contributed by atoms with Gasteiger partial charge < -0.3 is 5.11 Å². The Bertz CT molecular complexity index is 543. The molecule has 116 valence electrons. The summed E-state index contributed by atoms with van der Waals surface area (Å²) in [4.78, 5) is 27.6. The fourth-order valence-corrected chi connectivity index (χ4v) is 2.31. The lowest BCUT2D eigenvalue weighted by Crippen LogP contribution is -2.33. The first kappa shape index (κ1) is 17.0. The van der Waals surface area contributed by atoms with E-state index in [1.807, 2.05) is 13.8 Å². The first-order chi connectivity index (χ1) is 9.72. The van der Waals surface area contributed by atoms with Crippen LogP contribution >= 0.6 is 0 Å². The van der Waals surface area contributed by atoms with Crippen molar-refractivity contribution in [3.63, 3.8) is 0 Å². The van der Waals surface area contributed by atoms with Crippen LogP contribution in [0.1, 0.15) is 30.7 Å². The van der Waals surface area contributed by atoms with Crippen LogP contribution in [0.15, 0.2) is 6.20 Å². The number of hydrogen-bond donors (Lipinski definition) is 1. The number of nitro groups is 1. The summed E-state index contributed by atoms with van der Waals surface area (Å²) in [7, 11) is 0. The molecule has 0 aromatic carbocycles. The maximum Gasteiger partial charge on any atom is 0.317 e. The van der Waals surface area contributed by atoms with Gasteiger partial charge in [0.2, 0.25) is 0 Å². The number of hydrogen-bond acceptors (Lipinski definition) is 5. The summed E-state index contributed by atoms with van der Waals surface area (Å²) < 4.78 is 0. The van der Waals surface area contributed by atoms with Gasteiger partial charge in [0, 0.05) is 30.4 Å². The van der Waals surface area contributed by atoms with E-state index < -0.39 is 10.9 Å². The number of aliphatic carboxylic acids is 1. The van der Waals surface area contributed by atoms with Gasteiger partial charge in [0.1, 0.15) is 0 Å². The van der Waals surface area contributed by atoms with Gasteiger partial charge in [0.15, 0.2) is 0 Å². The predicted octanol–water partition coefficient (Wildman–Crippen LogP) is 2.15. The first-order valence-electron chi connectivity index (χ1n) is 6.76. The quantitative estimate of drug-likeness (QED) is 0.611. The zero-order valence-electron chi connectivity index (χ0n) is 12.8. The molecule has 0 saturated heterocycles. The number of carboxylic acids is 1. The van der Waals surface area contributed by atoms with Crippen molar-refractivity contribution in [3.05, 3.63) is 33.1 Å². The number of nitrogens with zero attached hydrogens (tertiary/aromatic N) is 3. The number of carbonyl (C=O) groups is 1. The van der Waals surface area contributed by atoms with Crippen LogP contribution in [0.4, 0.5) is 5.69 Å². The summed E-state index contributed by atoms with van der Waals surface area (Å²) in [5, 5.41) is 20.1. The van der Waals surface area contributed by atoms with E-state index in [0.717, 1.165) is 0 Å². The lowest BCUT2D eigenvalue weighted by Gasteiger charge is -2.22. The van der Waals surface area contributed by atoms with E-state index in [1.165, 1.54) is 6.20 Å². The molecular weight excluding hydrogens is 274 g/mol. The molecule has 7 heteroatoms. The molecule has 1 N–H and O–H groups in total. The Morgan fingerprint density at radius 1 is 1.48 bits per heavy atom. The minimum absolute atomic E-state index is 0.0554. The summed E-state index contributed by atoms with van der Waals surface area (Å²) in [6.45, 7) is 8.06. The molecule has 0 spiro atoms. The summed E-state index contributed by atoms with van der Waals surface area (Å²) in [5.41, 5.74) is 1.61. The molecule has 1 heterocycles. The van der Waals surface area contributed by atoms with Crippen molar-refractivity contribution >= 4 is 11.7 Å². The number of rotatable bonds is 7. The second-order valence-electron chi connectivity index (χ2n) is 5.58. The van der Waals surface area contributed by atoms with Crippen LogP contribution in [0.3, 0.4) is 0 Å². The normalized spacial score (nSPS) is 11.1. The van der Waals surface area contributed by atoms with Crippen molar-refractivity contribution in [1.29, 1.82) is 0 Å². The third-order valence-electron chi connectivity index (χ3n) is 3.11. The van der Waals surface area contributed by atoms with Crippen LogP contribution in [-0.4, -0.2) is 39.0 Å². The topological polar surface area (TPSA) is 96.6 Å². The Hall–Kier alpha value is -2.02. The van der Waals surface area contributed by atoms with Crippen LogP contribution in [-0.2, 0) is 11.3 Å². The number of carboxylic acid groups (broad SMARTS) is 1. The predicted molar refractivity (Wildman–Crippen MR) is 78.1 cm³/mol. The van der Waals surface area contributed by atoms with E-state index >= 15 is 0 Å². The second-order valence-corrected chi connectivity index (χ2v) is 5.58. The lowest BCUT2D eigenvalue weighted by atomic mass is 10.1. The van der Waals surface area contributed by atoms with Crippen molar-refractivity contribution in [1.82, 2.24) is 9.88 Å². The zero-order valence-corrected chi connectivity index (χ0v) is 12.8. The van der Waals surface area contributed by atoms with Gasteiger partial charge in [-0.25, -0.2) is 0 Å². The Morgan fingerprint density at radius 2 is 2.10 bits per heavy atom. The minimum atomic E-state index is -0.921. The van der Waals surface area contributed by atoms with E-state index in [9.17, 15) is 14.9 Å². The summed E-state index contributed by atoms with van der Waals surface area (Å²) in [6, 6.07) is 0. The number of aryl methyl sites for hydroxylation is 1. The molecule has 21 heavy (non-hydrogen) atoms. The number of pyridine rings is 1. The highest BCUT2D eigenvalue weighted by Crippen LogP contribution is 2.24. The van der Waals surface area contributed by atoms with Crippen LogP contribution in [0, 0.1) is 29.9 Å². The third kappa shape index (κ3) is 4.78. The van der Waals surface area contributed by atoms with Gasteiger partial charge >= 0.3 is 5.97 Å². The first-order valence-corrected chi connectivity index (χ1v) is 6.76. The molecule has 0 radical (unpaired) electrons. The minimum Gasteiger partial charge on any atom is -0.480 e. The van der Waals surface area contributed by atoms with Crippen LogP contribution in [0.2, 0.25) is 0 Å². The average molecular weight is 295 g/mol. The molecule has 0 amide bonds. The van der Waals surface area contributed by atoms with Gasteiger partial charge in [0.05, 0.1) is 17.2 Å². The van der Waals surface area contributed by atoms with Crippen LogP contribution in [0.5, 0.6) is 0 Å². The Labute approximate surface area is 123 Å². The lowest BCUT2D eigenvalue weighted by molar-refractivity contribution is -0.386. The van der Waals surface area contributed by atoms with E-state index in [2.05, 4.69) is 4.98 Å². The standard InChI is InChI=1S/C14H21N3O4/c1-9(2)6-16(8-13(18)19)7-12-11(4)14(17(20)21)10(3)5-15-12/h5,9H,6-8H2,1-4H3,(H,18,19). The molecule has 0 saturated carbocycles. The Balaban J connectivity index is 3.06. The molecule has 7 nitrogen and oxygen atoms in total. The monoisotopic (exact) mass is 295 g/mol. The third-order valence-corrected chi connectivity index (χ3v) is 3.11. The molecule has 0 unspecified atom stereocenters. The molecule has 0 aliphatic heterocycles. The highest BCUT2D eigenvalue weighted by molar-refractivity contribution is 5.69. The van der Waals surface area contributed by atoms with Crippen molar-refractivity contribution in [2.24, 2.45) is 5.92 Å². The van der Waals surface area contributed by atoms with Gasteiger partial charge in [-0.05, 0) is 19.8 Å². The fourth-order valence-electron chi connectivity index (χ4n) is 2.31. The van der Waals surface area contributed by atoms with Gasteiger partial charge in [-0.2, -0.15) is 0 Å². The molecular formula is C14H21N3O4. The summed E-state index contributed by atoms with van der Waals surface area (Å²) in [5.74, 6) is -0.625. The average Bonchev–Trinajstić information content (AvgIpc) is 2.30. The van der Waals surface area contributed by atoms with Gasteiger partial charge in [-0.15, -0.1) is 0 Å². The Kier molecular flexibility index (Phi) is 5.78. The highest BCUT2D eigenvalue weighted by atomic mass is 16.6. The maximum absolute atomic E-state index is 11.1. The van der Waals surface area contributed by atoms with Gasteiger partial charge in [-0.3, -0.25) is 24.8 Å². The molecule has 1 aromatic rings. The van der Waals surface area contributed by atoms with Crippen molar-refractivity contribution in [2.45, 2.75) is 34.2 Å². The van der Waals surface area contributed by atoms with E-state index in [0.29, 0.717) is 29.3 Å². The molecule has 0 fully saturated rings. The summed E-state index contributed by atoms with van der Waals surface area (Å²) >= 11 is 0. The van der Waals surface area contributed by atoms with E-state index in [1.54, 1.807) is 18.7 Å². The summed E-state index contributed by atoms with van der Waals surface area (Å²) in [6.07, 6.45) is 1.47. The second kappa shape index (κ2) is 7.12. The molecule has 0 aliphatic rings. The zero-order chi connectivity index (χ0) is 16.2. The molecule has 0 bridgehead atoms. The fraction of sp³-hybridized carbons (Fsp3) is 0.571. The SMILES string of the molecule is Cc1cnc(CN(CC(=O)O)CC(C)C)c(C)c1[N+](=O)[O-]. The smallest absolute Gasteiger partial charge is 0.317 e. The largest absolute Gasteiger partial charge is 0.480 e. The number of aromatic nitrogens is 1. The highest BCUT2D eigenvalue weighted by Gasteiger charge is 2.21. The molecule has 0 atom stereocenters.